The third kappa shape index (κ3) is 2.67. The lowest BCUT2D eigenvalue weighted by Crippen LogP contribution is -2.11. The molecule has 3 rings (SSSR count). The fourth-order valence-corrected chi connectivity index (χ4v) is 3.28. The summed E-state index contributed by atoms with van der Waals surface area (Å²) < 4.78 is 0. The number of aryl methyl sites for hydroxylation is 1. The van der Waals surface area contributed by atoms with Gasteiger partial charge in [0, 0.05) is 11.9 Å². The summed E-state index contributed by atoms with van der Waals surface area (Å²) in [6.07, 6.45) is 0.593. The zero-order chi connectivity index (χ0) is 15.5. The molecule has 0 aliphatic rings. The zero-order valence-corrected chi connectivity index (χ0v) is 13.0. The molecule has 3 aromatic rings. The van der Waals surface area contributed by atoms with Crippen LogP contribution in [0.2, 0.25) is 0 Å². The zero-order valence-electron chi connectivity index (χ0n) is 12.2. The molecule has 4 nitrogen and oxygen atoms in total. The van der Waals surface area contributed by atoms with E-state index in [1.54, 1.807) is 0 Å². The summed E-state index contributed by atoms with van der Waals surface area (Å²) in [5.74, 6) is -0.937. The van der Waals surface area contributed by atoms with Crippen molar-refractivity contribution in [1.82, 2.24) is 4.98 Å². The van der Waals surface area contributed by atoms with Gasteiger partial charge >= 0.3 is 5.97 Å². The van der Waals surface area contributed by atoms with Crippen LogP contribution in [0.3, 0.4) is 0 Å². The van der Waals surface area contributed by atoms with Crippen LogP contribution in [0.15, 0.2) is 41.8 Å². The molecule has 0 radical (unpaired) electrons. The molecule has 112 valence electrons. The second-order valence-corrected chi connectivity index (χ2v) is 5.84. The molecule has 0 aliphatic heterocycles. The third-order valence-corrected chi connectivity index (χ3v) is 4.36. The van der Waals surface area contributed by atoms with Crippen LogP contribution in [-0.2, 0) is 13.0 Å². The number of nitrogens with zero attached hydrogens (tertiary/aromatic N) is 1. The molecule has 0 saturated heterocycles. The van der Waals surface area contributed by atoms with E-state index in [1.807, 2.05) is 48.7 Å². The molecule has 0 amide bonds. The number of hydrogen-bond donors (Lipinski definition) is 2. The van der Waals surface area contributed by atoms with Crippen LogP contribution in [-0.4, -0.2) is 16.1 Å². The number of hydrogen-bond acceptors (Lipinski definition) is 4. The van der Waals surface area contributed by atoms with Crippen molar-refractivity contribution in [3.63, 3.8) is 0 Å². The number of benzene rings is 1. The minimum absolute atomic E-state index is 0.282. The molecule has 0 bridgehead atoms. The molecule has 0 saturated carbocycles. The Hall–Kier alpha value is -2.40. The lowest BCUT2D eigenvalue weighted by atomic mass is 10.1. The Labute approximate surface area is 132 Å². The standard InChI is InChI=1S/C17H16N2O2S/c1-2-13-14(17(20)21)15(12-8-9-22-16(12)19-13)18-10-11-6-4-3-5-7-11/h3-9H,2,10H2,1H3,(H,18,19)(H,20,21). The van der Waals surface area contributed by atoms with Crippen molar-refractivity contribution < 1.29 is 9.90 Å². The van der Waals surface area contributed by atoms with Crippen molar-refractivity contribution in [2.75, 3.05) is 5.32 Å². The van der Waals surface area contributed by atoms with Crippen LogP contribution in [0, 0.1) is 0 Å². The Balaban J connectivity index is 2.07. The summed E-state index contributed by atoms with van der Waals surface area (Å²) in [6.45, 7) is 2.51. The van der Waals surface area contributed by atoms with Crippen molar-refractivity contribution in [3.05, 3.63) is 58.6 Å². The number of carbonyl (C=O) groups is 1. The maximum atomic E-state index is 11.7. The van der Waals surface area contributed by atoms with E-state index in [0.29, 0.717) is 24.3 Å². The highest BCUT2D eigenvalue weighted by molar-refractivity contribution is 7.16. The monoisotopic (exact) mass is 312 g/mol. The van der Waals surface area contributed by atoms with E-state index in [1.165, 1.54) is 11.3 Å². The fourth-order valence-electron chi connectivity index (χ4n) is 2.49. The average Bonchev–Trinajstić information content (AvgIpc) is 3.00. The summed E-state index contributed by atoms with van der Waals surface area (Å²) in [7, 11) is 0. The lowest BCUT2D eigenvalue weighted by molar-refractivity contribution is 0.0696. The van der Waals surface area contributed by atoms with Crippen LogP contribution in [0.1, 0.15) is 28.5 Å². The highest BCUT2D eigenvalue weighted by Gasteiger charge is 2.20. The van der Waals surface area contributed by atoms with Gasteiger partial charge in [0.1, 0.15) is 10.4 Å². The van der Waals surface area contributed by atoms with Gasteiger partial charge in [0.15, 0.2) is 0 Å². The van der Waals surface area contributed by atoms with Gasteiger partial charge in [-0.1, -0.05) is 37.3 Å². The van der Waals surface area contributed by atoms with E-state index < -0.39 is 5.97 Å². The number of aromatic nitrogens is 1. The van der Waals surface area contributed by atoms with E-state index in [2.05, 4.69) is 10.3 Å². The van der Waals surface area contributed by atoms with Crippen molar-refractivity contribution in [3.8, 4) is 0 Å². The van der Waals surface area contributed by atoms with E-state index in [4.69, 9.17) is 0 Å². The fraction of sp³-hybridized carbons (Fsp3) is 0.176. The first kappa shape index (κ1) is 14.5. The molecule has 0 spiro atoms. The van der Waals surface area contributed by atoms with Crippen LogP contribution in [0.4, 0.5) is 5.69 Å². The first-order valence-corrected chi connectivity index (χ1v) is 7.99. The number of anilines is 1. The van der Waals surface area contributed by atoms with Crippen LogP contribution in [0.5, 0.6) is 0 Å². The summed E-state index contributed by atoms with van der Waals surface area (Å²) in [5.41, 5.74) is 2.68. The van der Waals surface area contributed by atoms with E-state index in [0.717, 1.165) is 15.8 Å². The maximum absolute atomic E-state index is 11.7. The number of pyridine rings is 1. The number of carboxylic acid groups (broad SMARTS) is 1. The van der Waals surface area contributed by atoms with Gasteiger partial charge in [0.2, 0.25) is 0 Å². The van der Waals surface area contributed by atoms with Gasteiger partial charge in [-0.05, 0) is 23.4 Å². The molecule has 22 heavy (non-hydrogen) atoms. The number of nitrogens with one attached hydrogen (secondary N) is 1. The molecular formula is C17H16N2O2S. The number of carboxylic acids is 1. The lowest BCUT2D eigenvalue weighted by Gasteiger charge is -2.14. The molecule has 2 N–H and O–H groups in total. The van der Waals surface area contributed by atoms with Gasteiger partial charge in [-0.15, -0.1) is 11.3 Å². The molecule has 5 heteroatoms. The Morgan fingerprint density at radius 1 is 1.27 bits per heavy atom. The number of rotatable bonds is 5. The molecule has 2 aromatic heterocycles. The number of aromatic carboxylic acids is 1. The van der Waals surface area contributed by atoms with Crippen LogP contribution < -0.4 is 5.32 Å². The second-order valence-electron chi connectivity index (χ2n) is 4.95. The number of thiophene rings is 1. The average molecular weight is 312 g/mol. The highest BCUT2D eigenvalue weighted by atomic mass is 32.1. The smallest absolute Gasteiger partial charge is 0.339 e. The second kappa shape index (κ2) is 6.15. The topological polar surface area (TPSA) is 62.2 Å². The summed E-state index contributed by atoms with van der Waals surface area (Å²) in [4.78, 5) is 17.1. The summed E-state index contributed by atoms with van der Waals surface area (Å²) >= 11 is 1.53. The van der Waals surface area contributed by atoms with Gasteiger partial charge < -0.3 is 10.4 Å². The summed E-state index contributed by atoms with van der Waals surface area (Å²) in [5, 5.41) is 15.7. The van der Waals surface area contributed by atoms with Crippen molar-refractivity contribution >= 4 is 33.2 Å². The van der Waals surface area contributed by atoms with Crippen molar-refractivity contribution in [1.29, 1.82) is 0 Å². The minimum atomic E-state index is -0.937. The maximum Gasteiger partial charge on any atom is 0.339 e. The molecule has 2 heterocycles. The molecule has 0 aliphatic carbocycles. The quantitative estimate of drug-likeness (QED) is 0.742. The minimum Gasteiger partial charge on any atom is -0.478 e. The molecule has 0 atom stereocenters. The molecule has 0 unspecified atom stereocenters. The van der Waals surface area contributed by atoms with Crippen molar-refractivity contribution in [2.45, 2.75) is 19.9 Å². The summed E-state index contributed by atoms with van der Waals surface area (Å²) in [6, 6.07) is 11.9. The van der Waals surface area contributed by atoms with E-state index >= 15 is 0 Å². The predicted octanol–water partition coefficient (Wildman–Crippen LogP) is 4.17. The van der Waals surface area contributed by atoms with Gasteiger partial charge in [-0.2, -0.15) is 0 Å². The van der Waals surface area contributed by atoms with Crippen molar-refractivity contribution in [2.24, 2.45) is 0 Å². The molecular weight excluding hydrogens is 296 g/mol. The Morgan fingerprint density at radius 3 is 2.73 bits per heavy atom. The Bertz CT molecular complexity index is 812. The molecule has 1 aromatic carbocycles. The molecule has 0 fully saturated rings. The Morgan fingerprint density at radius 2 is 2.05 bits per heavy atom. The SMILES string of the molecule is CCc1nc2sccc2c(NCc2ccccc2)c1C(=O)O. The van der Waals surface area contributed by atoms with E-state index in [-0.39, 0.29) is 5.56 Å². The largest absolute Gasteiger partial charge is 0.478 e. The number of fused-ring (bicyclic) bond motifs is 1. The first-order chi connectivity index (χ1) is 10.7. The Kier molecular flexibility index (Phi) is 4.06. The predicted molar refractivity (Wildman–Crippen MR) is 89.7 cm³/mol. The third-order valence-electron chi connectivity index (χ3n) is 3.55. The van der Waals surface area contributed by atoms with Gasteiger partial charge in [-0.3, -0.25) is 0 Å². The van der Waals surface area contributed by atoms with Crippen LogP contribution in [0.25, 0.3) is 10.2 Å². The first-order valence-electron chi connectivity index (χ1n) is 7.12. The van der Waals surface area contributed by atoms with E-state index in [9.17, 15) is 9.90 Å². The highest BCUT2D eigenvalue weighted by Crippen LogP contribution is 2.32. The normalized spacial score (nSPS) is 10.8. The van der Waals surface area contributed by atoms with Gasteiger partial charge in [0.05, 0.1) is 11.4 Å². The van der Waals surface area contributed by atoms with Gasteiger partial charge in [-0.25, -0.2) is 9.78 Å². The van der Waals surface area contributed by atoms with Gasteiger partial charge in [0.25, 0.3) is 0 Å². The van der Waals surface area contributed by atoms with Crippen LogP contribution >= 0.6 is 11.3 Å².